The standard InChI is InChI=1S/C10H18N4O.2ClH/c1-8-9(7-13-14-8)3-2-6-12-10(15)4-5-11;;/h7H,2-6,11H2,1H3,(H,12,15)(H,13,14);2*1H. The molecule has 1 aromatic rings. The minimum atomic E-state index is 0. The molecule has 1 heterocycles. The number of nitrogens with one attached hydrogen (secondary N) is 2. The van der Waals surface area contributed by atoms with E-state index in [4.69, 9.17) is 5.73 Å². The van der Waals surface area contributed by atoms with E-state index in [1.54, 1.807) is 0 Å². The number of hydrogen-bond acceptors (Lipinski definition) is 3. The average molecular weight is 283 g/mol. The van der Waals surface area contributed by atoms with Crippen molar-refractivity contribution in [1.82, 2.24) is 15.5 Å². The van der Waals surface area contributed by atoms with E-state index in [1.807, 2.05) is 13.1 Å². The minimum absolute atomic E-state index is 0. The van der Waals surface area contributed by atoms with Crippen molar-refractivity contribution in [2.24, 2.45) is 5.73 Å². The molecule has 0 saturated carbocycles. The number of amides is 1. The van der Waals surface area contributed by atoms with Crippen LogP contribution in [0.15, 0.2) is 6.20 Å². The molecule has 17 heavy (non-hydrogen) atoms. The Morgan fingerprint density at radius 2 is 2.24 bits per heavy atom. The molecule has 7 heteroatoms. The van der Waals surface area contributed by atoms with E-state index >= 15 is 0 Å². The third kappa shape index (κ3) is 7.20. The molecular formula is C10H20Cl2N4O. The van der Waals surface area contributed by atoms with Crippen LogP contribution in [0.1, 0.15) is 24.1 Å². The summed E-state index contributed by atoms with van der Waals surface area (Å²) in [5, 5.41) is 9.64. The van der Waals surface area contributed by atoms with Crippen LogP contribution in [0.25, 0.3) is 0 Å². The third-order valence-electron chi connectivity index (χ3n) is 2.25. The lowest BCUT2D eigenvalue weighted by Gasteiger charge is -2.03. The summed E-state index contributed by atoms with van der Waals surface area (Å²) in [5.41, 5.74) is 7.57. The number of aromatic amines is 1. The van der Waals surface area contributed by atoms with Gasteiger partial charge in [-0.2, -0.15) is 5.10 Å². The van der Waals surface area contributed by atoms with E-state index in [0.29, 0.717) is 19.5 Å². The van der Waals surface area contributed by atoms with Crippen molar-refractivity contribution in [3.63, 3.8) is 0 Å². The summed E-state index contributed by atoms with van der Waals surface area (Å²) in [6, 6.07) is 0. The van der Waals surface area contributed by atoms with Gasteiger partial charge in [0.25, 0.3) is 0 Å². The molecular weight excluding hydrogens is 263 g/mol. The molecule has 0 spiro atoms. The summed E-state index contributed by atoms with van der Waals surface area (Å²) in [5.74, 6) is 0.0291. The van der Waals surface area contributed by atoms with Crippen LogP contribution >= 0.6 is 24.8 Å². The highest BCUT2D eigenvalue weighted by Crippen LogP contribution is 2.04. The van der Waals surface area contributed by atoms with Crippen molar-refractivity contribution in [3.8, 4) is 0 Å². The average Bonchev–Trinajstić information content (AvgIpc) is 2.60. The lowest BCUT2D eigenvalue weighted by molar-refractivity contribution is -0.120. The summed E-state index contributed by atoms with van der Waals surface area (Å²) in [6.45, 7) is 3.10. The highest BCUT2D eigenvalue weighted by Gasteiger charge is 2.01. The number of carbonyl (C=O) groups excluding carboxylic acids is 1. The Bertz CT molecular complexity index is 317. The molecule has 5 nitrogen and oxygen atoms in total. The van der Waals surface area contributed by atoms with Gasteiger partial charge in [0.15, 0.2) is 0 Å². The van der Waals surface area contributed by atoms with E-state index in [1.165, 1.54) is 5.56 Å². The van der Waals surface area contributed by atoms with E-state index in [9.17, 15) is 4.79 Å². The van der Waals surface area contributed by atoms with Crippen LogP contribution in [0, 0.1) is 6.92 Å². The maximum absolute atomic E-state index is 11.1. The number of aryl methyl sites for hydroxylation is 2. The van der Waals surface area contributed by atoms with Crippen molar-refractivity contribution in [2.75, 3.05) is 13.1 Å². The van der Waals surface area contributed by atoms with Crippen molar-refractivity contribution < 1.29 is 4.79 Å². The zero-order chi connectivity index (χ0) is 11.1. The Hall–Kier alpha value is -0.780. The zero-order valence-corrected chi connectivity index (χ0v) is 11.5. The van der Waals surface area contributed by atoms with E-state index < -0.39 is 0 Å². The molecule has 0 unspecified atom stereocenters. The molecule has 100 valence electrons. The first-order chi connectivity index (χ1) is 7.24. The fraction of sp³-hybridized carbons (Fsp3) is 0.600. The zero-order valence-electron chi connectivity index (χ0n) is 9.86. The van der Waals surface area contributed by atoms with Crippen LogP contribution in [0.2, 0.25) is 0 Å². The molecule has 4 N–H and O–H groups in total. The lowest BCUT2D eigenvalue weighted by atomic mass is 10.1. The van der Waals surface area contributed by atoms with Crippen LogP contribution in [0.3, 0.4) is 0 Å². The van der Waals surface area contributed by atoms with Crippen LogP contribution in [-0.2, 0) is 11.2 Å². The van der Waals surface area contributed by atoms with Gasteiger partial charge in [-0.3, -0.25) is 9.89 Å². The molecule has 0 aliphatic carbocycles. The number of rotatable bonds is 6. The van der Waals surface area contributed by atoms with Gasteiger partial charge in [0, 0.05) is 25.2 Å². The molecule has 0 aliphatic heterocycles. The number of nitrogens with two attached hydrogens (primary N) is 1. The molecule has 0 bridgehead atoms. The van der Waals surface area contributed by atoms with Gasteiger partial charge in [-0.25, -0.2) is 0 Å². The SMILES string of the molecule is Cc1[nH]ncc1CCCNC(=O)CCN.Cl.Cl. The van der Waals surface area contributed by atoms with E-state index in [0.717, 1.165) is 18.5 Å². The Labute approximate surface area is 114 Å². The van der Waals surface area contributed by atoms with E-state index in [2.05, 4.69) is 15.5 Å². The molecule has 0 aliphatic rings. The molecule has 0 fully saturated rings. The van der Waals surface area contributed by atoms with Crippen LogP contribution in [-0.4, -0.2) is 29.2 Å². The van der Waals surface area contributed by atoms with Crippen molar-refractivity contribution in [1.29, 1.82) is 0 Å². The van der Waals surface area contributed by atoms with Gasteiger partial charge in [-0.15, -0.1) is 24.8 Å². The Morgan fingerprint density at radius 1 is 1.53 bits per heavy atom. The summed E-state index contributed by atoms with van der Waals surface area (Å²) in [4.78, 5) is 11.1. The normalized spacial score (nSPS) is 9.06. The highest BCUT2D eigenvalue weighted by molar-refractivity contribution is 5.85. The first-order valence-electron chi connectivity index (χ1n) is 5.19. The molecule has 0 saturated heterocycles. The predicted molar refractivity (Wildman–Crippen MR) is 72.8 cm³/mol. The van der Waals surface area contributed by atoms with Crippen LogP contribution < -0.4 is 11.1 Å². The van der Waals surface area contributed by atoms with Gasteiger partial charge in [-0.05, 0) is 25.3 Å². The van der Waals surface area contributed by atoms with Gasteiger partial charge in [0.2, 0.25) is 5.91 Å². The molecule has 1 aromatic heterocycles. The van der Waals surface area contributed by atoms with Gasteiger partial charge < -0.3 is 11.1 Å². The van der Waals surface area contributed by atoms with Crippen LogP contribution in [0.5, 0.6) is 0 Å². The number of hydrogen-bond donors (Lipinski definition) is 3. The molecule has 1 amide bonds. The van der Waals surface area contributed by atoms with Gasteiger partial charge in [0.05, 0.1) is 6.20 Å². The number of nitrogens with zero attached hydrogens (tertiary/aromatic N) is 1. The Morgan fingerprint density at radius 3 is 2.76 bits per heavy atom. The van der Waals surface area contributed by atoms with Gasteiger partial charge in [-0.1, -0.05) is 0 Å². The van der Waals surface area contributed by atoms with Gasteiger partial charge in [0.1, 0.15) is 0 Å². The largest absolute Gasteiger partial charge is 0.356 e. The van der Waals surface area contributed by atoms with Gasteiger partial charge >= 0.3 is 0 Å². The summed E-state index contributed by atoms with van der Waals surface area (Å²) in [7, 11) is 0. The number of aromatic nitrogens is 2. The first kappa shape index (κ1) is 18.6. The Balaban J connectivity index is 0. The quantitative estimate of drug-likeness (QED) is 0.680. The van der Waals surface area contributed by atoms with Crippen molar-refractivity contribution in [3.05, 3.63) is 17.5 Å². The maximum Gasteiger partial charge on any atom is 0.221 e. The summed E-state index contributed by atoms with van der Waals surface area (Å²) in [6.07, 6.45) is 4.10. The summed E-state index contributed by atoms with van der Waals surface area (Å²) >= 11 is 0. The number of halogens is 2. The monoisotopic (exact) mass is 282 g/mol. The Kier molecular flexibility index (Phi) is 11.3. The number of carbonyl (C=O) groups is 1. The first-order valence-corrected chi connectivity index (χ1v) is 5.19. The molecule has 0 radical (unpaired) electrons. The molecule has 0 aromatic carbocycles. The summed E-state index contributed by atoms with van der Waals surface area (Å²) < 4.78 is 0. The smallest absolute Gasteiger partial charge is 0.221 e. The maximum atomic E-state index is 11.1. The lowest BCUT2D eigenvalue weighted by Crippen LogP contribution is -2.26. The minimum Gasteiger partial charge on any atom is -0.356 e. The predicted octanol–water partition coefficient (Wildman–Crippen LogP) is 0.959. The van der Waals surface area contributed by atoms with Crippen molar-refractivity contribution >= 4 is 30.7 Å². The number of H-pyrrole nitrogens is 1. The van der Waals surface area contributed by atoms with Crippen molar-refractivity contribution in [2.45, 2.75) is 26.2 Å². The molecule has 1 rings (SSSR count). The molecule has 0 atom stereocenters. The topological polar surface area (TPSA) is 83.8 Å². The van der Waals surface area contributed by atoms with Crippen LogP contribution in [0.4, 0.5) is 0 Å². The second-order valence-corrected chi connectivity index (χ2v) is 3.51. The highest BCUT2D eigenvalue weighted by atomic mass is 35.5. The fourth-order valence-corrected chi connectivity index (χ4v) is 1.35. The second-order valence-electron chi connectivity index (χ2n) is 3.51. The second kappa shape index (κ2) is 10.4. The third-order valence-corrected chi connectivity index (χ3v) is 2.25. The fourth-order valence-electron chi connectivity index (χ4n) is 1.35. The van der Waals surface area contributed by atoms with E-state index in [-0.39, 0.29) is 30.7 Å².